The van der Waals surface area contributed by atoms with Crippen molar-refractivity contribution in [1.82, 2.24) is 10.2 Å². The predicted molar refractivity (Wildman–Crippen MR) is 70.7 cm³/mol. The number of para-hydroxylation sites is 1. The summed E-state index contributed by atoms with van der Waals surface area (Å²) in [5.41, 5.74) is 0.819. The molecule has 0 saturated carbocycles. The quantitative estimate of drug-likeness (QED) is 0.844. The Hall–Kier alpha value is -1.59. The van der Waals surface area contributed by atoms with E-state index in [0.717, 1.165) is 12.2 Å². The third-order valence-electron chi connectivity index (χ3n) is 2.88. The van der Waals surface area contributed by atoms with Gasteiger partial charge in [0.2, 0.25) is 0 Å². The van der Waals surface area contributed by atoms with Crippen molar-refractivity contribution in [1.29, 1.82) is 0 Å². The monoisotopic (exact) mass is 249 g/mol. The van der Waals surface area contributed by atoms with Gasteiger partial charge in [-0.25, -0.2) is 4.79 Å². The lowest BCUT2D eigenvalue weighted by molar-refractivity contribution is -0.00999. The van der Waals surface area contributed by atoms with Crippen molar-refractivity contribution < 1.29 is 9.53 Å². The lowest BCUT2D eigenvalue weighted by atomic mass is 10.2. The average molecular weight is 249 g/mol. The Balaban J connectivity index is 1.88. The first kappa shape index (κ1) is 12.9. The van der Waals surface area contributed by atoms with Gasteiger partial charge < -0.3 is 20.3 Å². The third kappa shape index (κ3) is 3.45. The van der Waals surface area contributed by atoms with E-state index in [9.17, 15) is 4.79 Å². The number of rotatable bonds is 3. The molecule has 1 fully saturated rings. The van der Waals surface area contributed by atoms with Gasteiger partial charge in [-0.3, -0.25) is 0 Å². The van der Waals surface area contributed by atoms with Crippen LogP contribution in [0, 0.1) is 0 Å². The molecule has 0 aromatic heterocycles. The minimum Gasteiger partial charge on any atom is -0.373 e. The second-order valence-electron chi connectivity index (χ2n) is 4.29. The number of benzene rings is 1. The zero-order chi connectivity index (χ0) is 12.8. The van der Waals surface area contributed by atoms with E-state index in [1.165, 1.54) is 0 Å². The number of hydrogen-bond donors (Lipinski definition) is 2. The Labute approximate surface area is 107 Å². The molecule has 2 amide bonds. The number of amides is 2. The Bertz CT molecular complexity index is 381. The maximum atomic E-state index is 12.1. The van der Waals surface area contributed by atoms with Crippen molar-refractivity contribution in [2.24, 2.45) is 0 Å². The summed E-state index contributed by atoms with van der Waals surface area (Å²) in [4.78, 5) is 13.8. The molecule has 1 unspecified atom stereocenters. The van der Waals surface area contributed by atoms with Gasteiger partial charge in [0, 0.05) is 25.3 Å². The zero-order valence-electron chi connectivity index (χ0n) is 10.6. The SMILES string of the molecule is CNCC1CN(C(=O)Nc2ccccc2)CCO1. The number of nitrogens with one attached hydrogen (secondary N) is 2. The molecule has 1 aliphatic heterocycles. The fourth-order valence-electron chi connectivity index (χ4n) is 1.98. The molecule has 18 heavy (non-hydrogen) atoms. The highest BCUT2D eigenvalue weighted by atomic mass is 16.5. The predicted octanol–water partition coefficient (Wildman–Crippen LogP) is 1.14. The molecule has 0 radical (unpaired) electrons. The molecule has 98 valence electrons. The number of urea groups is 1. The smallest absolute Gasteiger partial charge is 0.322 e. The normalized spacial score (nSPS) is 19.6. The number of carbonyl (C=O) groups is 1. The number of nitrogens with zero attached hydrogens (tertiary/aromatic N) is 1. The highest BCUT2D eigenvalue weighted by molar-refractivity contribution is 5.89. The van der Waals surface area contributed by atoms with E-state index in [0.29, 0.717) is 19.7 Å². The van der Waals surface area contributed by atoms with Crippen molar-refractivity contribution in [3.05, 3.63) is 30.3 Å². The van der Waals surface area contributed by atoms with Crippen LogP contribution in [0.1, 0.15) is 0 Å². The summed E-state index contributed by atoms with van der Waals surface area (Å²) in [6, 6.07) is 9.42. The molecule has 1 aromatic rings. The molecular weight excluding hydrogens is 230 g/mol. The molecule has 0 spiro atoms. The van der Waals surface area contributed by atoms with Crippen LogP contribution in [0.25, 0.3) is 0 Å². The topological polar surface area (TPSA) is 53.6 Å². The van der Waals surface area contributed by atoms with E-state index < -0.39 is 0 Å². The van der Waals surface area contributed by atoms with Crippen LogP contribution in [-0.2, 0) is 4.74 Å². The van der Waals surface area contributed by atoms with Gasteiger partial charge in [0.1, 0.15) is 0 Å². The fourth-order valence-corrected chi connectivity index (χ4v) is 1.98. The lowest BCUT2D eigenvalue weighted by Crippen LogP contribution is -2.49. The summed E-state index contributed by atoms with van der Waals surface area (Å²) < 4.78 is 5.56. The van der Waals surface area contributed by atoms with Crippen LogP contribution in [0.3, 0.4) is 0 Å². The van der Waals surface area contributed by atoms with Crippen LogP contribution in [-0.4, -0.2) is 50.3 Å². The first-order valence-corrected chi connectivity index (χ1v) is 6.17. The maximum absolute atomic E-state index is 12.1. The number of carbonyl (C=O) groups excluding carboxylic acids is 1. The zero-order valence-corrected chi connectivity index (χ0v) is 10.6. The Morgan fingerprint density at radius 2 is 2.22 bits per heavy atom. The van der Waals surface area contributed by atoms with Gasteiger partial charge in [-0.15, -0.1) is 0 Å². The van der Waals surface area contributed by atoms with Crippen LogP contribution in [0.4, 0.5) is 10.5 Å². The third-order valence-corrected chi connectivity index (χ3v) is 2.88. The van der Waals surface area contributed by atoms with E-state index in [4.69, 9.17) is 4.74 Å². The van der Waals surface area contributed by atoms with E-state index in [1.54, 1.807) is 4.90 Å². The Morgan fingerprint density at radius 1 is 1.44 bits per heavy atom. The molecule has 0 bridgehead atoms. The fraction of sp³-hybridized carbons (Fsp3) is 0.462. The van der Waals surface area contributed by atoms with Crippen LogP contribution in [0.15, 0.2) is 30.3 Å². The molecule has 1 heterocycles. The second kappa shape index (κ2) is 6.37. The molecule has 1 saturated heterocycles. The molecule has 5 heteroatoms. The highest BCUT2D eigenvalue weighted by Gasteiger charge is 2.23. The molecule has 1 atom stereocenters. The first-order valence-electron chi connectivity index (χ1n) is 6.17. The molecule has 1 aliphatic rings. The van der Waals surface area contributed by atoms with Gasteiger partial charge in [-0.05, 0) is 19.2 Å². The summed E-state index contributed by atoms with van der Waals surface area (Å²) in [6.45, 7) is 2.61. The summed E-state index contributed by atoms with van der Waals surface area (Å²) in [7, 11) is 1.88. The van der Waals surface area contributed by atoms with Gasteiger partial charge in [0.05, 0.1) is 12.7 Å². The maximum Gasteiger partial charge on any atom is 0.322 e. The van der Waals surface area contributed by atoms with Crippen molar-refractivity contribution >= 4 is 11.7 Å². The molecule has 1 aromatic carbocycles. The van der Waals surface area contributed by atoms with Crippen molar-refractivity contribution in [2.75, 3.05) is 38.6 Å². The van der Waals surface area contributed by atoms with Gasteiger partial charge in [0.25, 0.3) is 0 Å². The van der Waals surface area contributed by atoms with Crippen LogP contribution in [0.2, 0.25) is 0 Å². The van der Waals surface area contributed by atoms with Gasteiger partial charge in [-0.1, -0.05) is 18.2 Å². The van der Waals surface area contributed by atoms with E-state index >= 15 is 0 Å². The molecule has 5 nitrogen and oxygen atoms in total. The number of hydrogen-bond acceptors (Lipinski definition) is 3. The van der Waals surface area contributed by atoms with Crippen LogP contribution in [0.5, 0.6) is 0 Å². The standard InChI is InChI=1S/C13H19N3O2/c1-14-9-12-10-16(7-8-18-12)13(17)15-11-5-3-2-4-6-11/h2-6,12,14H,7-10H2,1H3,(H,15,17). The number of anilines is 1. The highest BCUT2D eigenvalue weighted by Crippen LogP contribution is 2.09. The summed E-state index contributed by atoms with van der Waals surface area (Å²) in [5, 5.41) is 5.95. The number of morpholine rings is 1. The van der Waals surface area contributed by atoms with Gasteiger partial charge in [-0.2, -0.15) is 0 Å². The number of ether oxygens (including phenoxy) is 1. The van der Waals surface area contributed by atoms with Crippen molar-refractivity contribution in [2.45, 2.75) is 6.10 Å². The Morgan fingerprint density at radius 3 is 2.94 bits per heavy atom. The van der Waals surface area contributed by atoms with Gasteiger partial charge in [0.15, 0.2) is 0 Å². The average Bonchev–Trinajstić information content (AvgIpc) is 2.40. The summed E-state index contributed by atoms with van der Waals surface area (Å²) >= 11 is 0. The molecule has 2 rings (SSSR count). The summed E-state index contributed by atoms with van der Waals surface area (Å²) in [6.07, 6.45) is 0.0743. The molecule has 2 N–H and O–H groups in total. The van der Waals surface area contributed by atoms with Crippen molar-refractivity contribution in [3.8, 4) is 0 Å². The minimum absolute atomic E-state index is 0.0643. The molecule has 0 aliphatic carbocycles. The van der Waals surface area contributed by atoms with Crippen molar-refractivity contribution in [3.63, 3.8) is 0 Å². The molecular formula is C13H19N3O2. The lowest BCUT2D eigenvalue weighted by Gasteiger charge is -2.32. The van der Waals surface area contributed by atoms with E-state index in [-0.39, 0.29) is 12.1 Å². The van der Waals surface area contributed by atoms with Crippen LogP contribution < -0.4 is 10.6 Å². The number of likely N-dealkylation sites (N-methyl/N-ethyl adjacent to an activating group) is 1. The first-order chi connectivity index (χ1) is 8.79. The van der Waals surface area contributed by atoms with Crippen LogP contribution >= 0.6 is 0 Å². The second-order valence-corrected chi connectivity index (χ2v) is 4.29. The van der Waals surface area contributed by atoms with E-state index in [1.807, 2.05) is 37.4 Å². The Kier molecular flexibility index (Phi) is 4.55. The van der Waals surface area contributed by atoms with E-state index in [2.05, 4.69) is 10.6 Å². The van der Waals surface area contributed by atoms with Gasteiger partial charge >= 0.3 is 6.03 Å². The minimum atomic E-state index is -0.0643. The largest absolute Gasteiger partial charge is 0.373 e. The summed E-state index contributed by atoms with van der Waals surface area (Å²) in [5.74, 6) is 0.